The molecule has 1 aromatic carbocycles. The molecule has 1 heterocycles. The monoisotopic (exact) mass is 333 g/mol. The Morgan fingerprint density at radius 1 is 1.25 bits per heavy atom. The van der Waals surface area contributed by atoms with Crippen LogP contribution in [0.2, 0.25) is 0 Å². The molecule has 0 aliphatic carbocycles. The van der Waals surface area contributed by atoms with Crippen LogP contribution in [0.5, 0.6) is 5.75 Å². The quantitative estimate of drug-likeness (QED) is 0.647. The maximum atomic E-state index is 11.2. The molecular weight excluding hydrogens is 302 g/mol. The van der Waals surface area contributed by atoms with Crippen molar-refractivity contribution in [1.29, 1.82) is 0 Å². The Bertz CT molecular complexity index is 503. The molecule has 4 nitrogen and oxygen atoms in total. The molecule has 0 amide bonds. The van der Waals surface area contributed by atoms with Gasteiger partial charge in [-0.3, -0.25) is 9.69 Å². The maximum Gasteiger partial charge on any atom is 0.307 e. The van der Waals surface area contributed by atoms with Crippen LogP contribution >= 0.6 is 0 Å². The lowest BCUT2D eigenvalue weighted by Crippen LogP contribution is -2.38. The van der Waals surface area contributed by atoms with Crippen molar-refractivity contribution in [3.8, 4) is 5.75 Å². The number of carboxylic acid groups (broad SMARTS) is 1. The number of nitrogens with zero attached hydrogens (tertiary/aromatic N) is 1. The topological polar surface area (TPSA) is 49.8 Å². The highest BCUT2D eigenvalue weighted by atomic mass is 16.5. The minimum absolute atomic E-state index is 0.231. The van der Waals surface area contributed by atoms with Gasteiger partial charge >= 0.3 is 5.97 Å². The van der Waals surface area contributed by atoms with Gasteiger partial charge in [-0.1, -0.05) is 50.8 Å². The summed E-state index contributed by atoms with van der Waals surface area (Å²) in [5.41, 5.74) is 1.16. The fraction of sp³-hybridized carbons (Fsp3) is 0.650. The number of carbonyl (C=O) groups is 1. The smallest absolute Gasteiger partial charge is 0.307 e. The predicted octanol–water partition coefficient (Wildman–Crippen LogP) is 4.33. The SMILES string of the molecule is CCCCCCCOc1ccccc1CN1CCCC(C(=O)O)C1. The number of carboxylic acids is 1. The van der Waals surface area contributed by atoms with Crippen molar-refractivity contribution in [3.05, 3.63) is 29.8 Å². The van der Waals surface area contributed by atoms with Crippen molar-refractivity contribution in [2.45, 2.75) is 58.4 Å². The van der Waals surface area contributed by atoms with Gasteiger partial charge in [0, 0.05) is 18.7 Å². The minimum atomic E-state index is -0.670. The summed E-state index contributed by atoms with van der Waals surface area (Å²) in [6, 6.07) is 8.16. The van der Waals surface area contributed by atoms with E-state index in [0.29, 0.717) is 6.54 Å². The van der Waals surface area contributed by atoms with E-state index < -0.39 is 5.97 Å². The van der Waals surface area contributed by atoms with E-state index in [1.807, 2.05) is 18.2 Å². The lowest BCUT2D eigenvalue weighted by molar-refractivity contribution is -0.143. The van der Waals surface area contributed by atoms with Gasteiger partial charge in [0.25, 0.3) is 0 Å². The zero-order valence-electron chi connectivity index (χ0n) is 14.9. The normalized spacial score (nSPS) is 18.5. The van der Waals surface area contributed by atoms with E-state index in [0.717, 1.165) is 50.3 Å². The molecule has 0 spiro atoms. The first-order valence-corrected chi connectivity index (χ1v) is 9.36. The maximum absolute atomic E-state index is 11.2. The Morgan fingerprint density at radius 2 is 2.04 bits per heavy atom. The third kappa shape index (κ3) is 6.16. The van der Waals surface area contributed by atoms with Crippen molar-refractivity contribution < 1.29 is 14.6 Å². The molecule has 24 heavy (non-hydrogen) atoms. The molecule has 0 aromatic heterocycles. The molecule has 1 N–H and O–H groups in total. The molecule has 2 rings (SSSR count). The Hall–Kier alpha value is -1.55. The highest BCUT2D eigenvalue weighted by Gasteiger charge is 2.25. The fourth-order valence-corrected chi connectivity index (χ4v) is 3.30. The number of unbranched alkanes of at least 4 members (excludes halogenated alkanes) is 4. The summed E-state index contributed by atoms with van der Waals surface area (Å²) in [5, 5.41) is 9.23. The number of aliphatic carboxylic acids is 1. The van der Waals surface area contributed by atoms with Gasteiger partial charge in [-0.15, -0.1) is 0 Å². The van der Waals surface area contributed by atoms with E-state index in [-0.39, 0.29) is 5.92 Å². The highest BCUT2D eigenvalue weighted by molar-refractivity contribution is 5.70. The molecule has 1 aromatic rings. The second kappa shape index (κ2) is 10.3. The van der Waals surface area contributed by atoms with Gasteiger partial charge in [-0.25, -0.2) is 0 Å². The minimum Gasteiger partial charge on any atom is -0.493 e. The van der Waals surface area contributed by atoms with E-state index >= 15 is 0 Å². The summed E-state index contributed by atoms with van der Waals surface area (Å²) in [7, 11) is 0. The number of hydrogen-bond donors (Lipinski definition) is 1. The second-order valence-corrected chi connectivity index (χ2v) is 6.78. The van der Waals surface area contributed by atoms with Crippen molar-refractivity contribution in [1.82, 2.24) is 4.90 Å². The fourth-order valence-electron chi connectivity index (χ4n) is 3.30. The van der Waals surface area contributed by atoms with Gasteiger partial charge in [0.15, 0.2) is 0 Å². The third-order valence-electron chi connectivity index (χ3n) is 4.73. The van der Waals surface area contributed by atoms with Gasteiger partial charge in [0.1, 0.15) is 5.75 Å². The predicted molar refractivity (Wildman–Crippen MR) is 96.3 cm³/mol. The second-order valence-electron chi connectivity index (χ2n) is 6.78. The van der Waals surface area contributed by atoms with Gasteiger partial charge in [0.05, 0.1) is 12.5 Å². The number of ether oxygens (including phenoxy) is 1. The van der Waals surface area contributed by atoms with Crippen LogP contribution in [-0.4, -0.2) is 35.7 Å². The van der Waals surface area contributed by atoms with Crippen molar-refractivity contribution in [2.24, 2.45) is 5.92 Å². The third-order valence-corrected chi connectivity index (χ3v) is 4.73. The first kappa shape index (κ1) is 18.8. The number of likely N-dealkylation sites (tertiary alicyclic amines) is 1. The summed E-state index contributed by atoms with van der Waals surface area (Å²) >= 11 is 0. The lowest BCUT2D eigenvalue weighted by Gasteiger charge is -2.31. The summed E-state index contributed by atoms with van der Waals surface area (Å²) in [6.45, 7) is 5.37. The van der Waals surface area contributed by atoms with E-state index in [4.69, 9.17) is 4.74 Å². The summed E-state index contributed by atoms with van der Waals surface area (Å²) < 4.78 is 5.99. The van der Waals surface area contributed by atoms with Crippen molar-refractivity contribution in [2.75, 3.05) is 19.7 Å². The summed E-state index contributed by atoms with van der Waals surface area (Å²) in [6.07, 6.45) is 7.92. The van der Waals surface area contributed by atoms with Crippen LogP contribution in [0.1, 0.15) is 57.4 Å². The zero-order chi connectivity index (χ0) is 17.2. The van der Waals surface area contributed by atoms with E-state index in [2.05, 4.69) is 17.9 Å². The molecule has 1 fully saturated rings. The number of hydrogen-bond acceptors (Lipinski definition) is 3. The molecule has 0 radical (unpaired) electrons. The Morgan fingerprint density at radius 3 is 2.83 bits per heavy atom. The van der Waals surface area contributed by atoms with Crippen LogP contribution in [0, 0.1) is 5.92 Å². The number of benzene rings is 1. The Balaban J connectivity index is 1.83. The Kier molecular flexibility index (Phi) is 8.10. The first-order valence-electron chi connectivity index (χ1n) is 9.36. The van der Waals surface area contributed by atoms with Crippen LogP contribution in [0.25, 0.3) is 0 Å². The zero-order valence-corrected chi connectivity index (χ0v) is 14.9. The molecule has 1 unspecified atom stereocenters. The van der Waals surface area contributed by atoms with Crippen LogP contribution in [0.15, 0.2) is 24.3 Å². The summed E-state index contributed by atoms with van der Waals surface area (Å²) in [5.74, 6) is 0.0483. The van der Waals surface area contributed by atoms with Crippen molar-refractivity contribution >= 4 is 5.97 Å². The van der Waals surface area contributed by atoms with Crippen LogP contribution in [-0.2, 0) is 11.3 Å². The first-order chi connectivity index (χ1) is 11.7. The molecule has 0 saturated carbocycles. The molecule has 1 aliphatic heterocycles. The summed E-state index contributed by atoms with van der Waals surface area (Å²) in [4.78, 5) is 13.5. The average Bonchev–Trinajstić information content (AvgIpc) is 2.59. The van der Waals surface area contributed by atoms with E-state index in [1.165, 1.54) is 25.7 Å². The molecule has 1 saturated heterocycles. The molecule has 4 heteroatoms. The van der Waals surface area contributed by atoms with E-state index in [9.17, 15) is 9.90 Å². The molecule has 1 atom stereocenters. The molecular formula is C20H31NO3. The van der Waals surface area contributed by atoms with Crippen LogP contribution in [0.3, 0.4) is 0 Å². The van der Waals surface area contributed by atoms with Gasteiger partial charge in [-0.2, -0.15) is 0 Å². The van der Waals surface area contributed by atoms with Crippen LogP contribution in [0.4, 0.5) is 0 Å². The standard InChI is InChI=1S/C20H31NO3/c1-2-3-4-5-8-14-24-19-12-7-6-10-17(19)15-21-13-9-11-18(16-21)20(22)23/h6-7,10,12,18H,2-5,8-9,11,13-16H2,1H3,(H,22,23). The number of para-hydroxylation sites is 1. The van der Waals surface area contributed by atoms with Gasteiger partial charge in [-0.05, 0) is 31.9 Å². The van der Waals surface area contributed by atoms with Gasteiger partial charge < -0.3 is 9.84 Å². The van der Waals surface area contributed by atoms with Crippen LogP contribution < -0.4 is 4.74 Å². The molecule has 134 valence electrons. The number of piperidine rings is 1. The number of rotatable bonds is 10. The van der Waals surface area contributed by atoms with E-state index in [1.54, 1.807) is 0 Å². The molecule has 0 bridgehead atoms. The largest absolute Gasteiger partial charge is 0.493 e. The van der Waals surface area contributed by atoms with Crippen molar-refractivity contribution in [3.63, 3.8) is 0 Å². The van der Waals surface area contributed by atoms with Gasteiger partial charge in [0.2, 0.25) is 0 Å². The lowest BCUT2D eigenvalue weighted by atomic mass is 9.98. The highest BCUT2D eigenvalue weighted by Crippen LogP contribution is 2.24. The average molecular weight is 333 g/mol. The molecule has 1 aliphatic rings. The Labute approximate surface area is 145 Å².